The van der Waals surface area contributed by atoms with Crippen LogP contribution in [0.5, 0.6) is 5.75 Å². The summed E-state index contributed by atoms with van der Waals surface area (Å²) in [7, 11) is 1.53. The van der Waals surface area contributed by atoms with Gasteiger partial charge in [-0.05, 0) is 37.1 Å². The number of benzene rings is 1. The minimum absolute atomic E-state index is 0.188. The van der Waals surface area contributed by atoms with Gasteiger partial charge in [-0.3, -0.25) is 0 Å². The van der Waals surface area contributed by atoms with E-state index >= 15 is 0 Å². The lowest BCUT2D eigenvalue weighted by Crippen LogP contribution is -2.41. The summed E-state index contributed by atoms with van der Waals surface area (Å²) in [5, 5.41) is 2.97. The summed E-state index contributed by atoms with van der Waals surface area (Å²) < 4.78 is 43.9. The number of nitrogens with one attached hydrogen (secondary N) is 1. The molecule has 0 spiro atoms. The molecule has 2 rings (SSSR count). The van der Waals surface area contributed by atoms with Crippen molar-refractivity contribution in [1.29, 1.82) is 0 Å². The highest BCUT2D eigenvalue weighted by Gasteiger charge is 2.45. The van der Waals surface area contributed by atoms with Crippen LogP contribution in [0, 0.1) is 5.92 Å². The molecule has 18 heavy (non-hydrogen) atoms. The fourth-order valence-corrected chi connectivity index (χ4v) is 2.40. The van der Waals surface area contributed by atoms with Crippen LogP contribution in [0.4, 0.5) is 13.2 Å². The van der Waals surface area contributed by atoms with Crippen LogP contribution in [0.15, 0.2) is 24.3 Å². The number of hydrogen-bond donors (Lipinski definition) is 1. The van der Waals surface area contributed by atoms with Gasteiger partial charge in [-0.15, -0.1) is 0 Å². The van der Waals surface area contributed by atoms with E-state index in [1.165, 1.54) is 7.11 Å². The van der Waals surface area contributed by atoms with Gasteiger partial charge in [0.1, 0.15) is 5.75 Å². The number of ether oxygens (including phenoxy) is 1. The number of halogens is 3. The van der Waals surface area contributed by atoms with Gasteiger partial charge < -0.3 is 10.1 Å². The number of rotatable bonds is 2. The lowest BCUT2D eigenvalue weighted by molar-refractivity contribution is -0.189. The Hall–Kier alpha value is -1.23. The van der Waals surface area contributed by atoms with Crippen molar-refractivity contribution < 1.29 is 17.9 Å². The van der Waals surface area contributed by atoms with Gasteiger partial charge in [-0.1, -0.05) is 12.1 Å². The maximum absolute atomic E-state index is 13.0. The lowest BCUT2D eigenvalue weighted by Gasteiger charge is -2.34. The van der Waals surface area contributed by atoms with Gasteiger partial charge in [0.25, 0.3) is 0 Å². The number of methoxy groups -OCH3 is 1. The number of hydrogen-bond acceptors (Lipinski definition) is 2. The second kappa shape index (κ2) is 5.18. The van der Waals surface area contributed by atoms with Crippen LogP contribution in [0.25, 0.3) is 0 Å². The van der Waals surface area contributed by atoms with E-state index in [0.717, 1.165) is 0 Å². The fourth-order valence-electron chi connectivity index (χ4n) is 2.40. The molecule has 0 aromatic heterocycles. The van der Waals surface area contributed by atoms with Crippen LogP contribution in [0.2, 0.25) is 0 Å². The van der Waals surface area contributed by atoms with Crippen LogP contribution in [-0.2, 0) is 0 Å². The largest absolute Gasteiger partial charge is 0.497 e. The first-order valence-corrected chi connectivity index (χ1v) is 5.96. The monoisotopic (exact) mass is 259 g/mol. The molecule has 1 aliphatic heterocycles. The normalized spacial score (nSPS) is 24.9. The van der Waals surface area contributed by atoms with Crippen molar-refractivity contribution in [3.8, 4) is 5.75 Å². The van der Waals surface area contributed by atoms with Gasteiger partial charge in [0.2, 0.25) is 0 Å². The standard InChI is InChI=1S/C13H16F3NO/c1-18-10-6-4-9(5-7-10)12-11(13(14,15)16)3-2-8-17-12/h4-7,11-12,17H,2-3,8H2,1H3. The Bertz CT molecular complexity index is 388. The summed E-state index contributed by atoms with van der Waals surface area (Å²) in [6.45, 7) is 0.628. The molecular weight excluding hydrogens is 243 g/mol. The molecule has 5 heteroatoms. The first-order chi connectivity index (χ1) is 8.52. The molecule has 2 nitrogen and oxygen atoms in total. The van der Waals surface area contributed by atoms with E-state index in [1.54, 1.807) is 24.3 Å². The Morgan fingerprint density at radius 2 is 1.89 bits per heavy atom. The molecule has 0 aliphatic carbocycles. The molecule has 1 heterocycles. The molecule has 1 aromatic carbocycles. The van der Waals surface area contributed by atoms with Crippen LogP contribution < -0.4 is 10.1 Å². The minimum Gasteiger partial charge on any atom is -0.497 e. The van der Waals surface area contributed by atoms with E-state index in [-0.39, 0.29) is 6.42 Å². The van der Waals surface area contributed by atoms with Gasteiger partial charge in [-0.2, -0.15) is 13.2 Å². The van der Waals surface area contributed by atoms with Crippen molar-refractivity contribution in [1.82, 2.24) is 5.32 Å². The SMILES string of the molecule is COc1ccc(C2NCCCC2C(F)(F)F)cc1. The van der Waals surface area contributed by atoms with Crippen LogP contribution in [-0.4, -0.2) is 19.8 Å². The Morgan fingerprint density at radius 1 is 1.22 bits per heavy atom. The predicted octanol–water partition coefficient (Wildman–Crippen LogP) is 3.30. The molecule has 1 fully saturated rings. The van der Waals surface area contributed by atoms with Gasteiger partial charge >= 0.3 is 6.18 Å². The van der Waals surface area contributed by atoms with Gasteiger partial charge in [0, 0.05) is 6.04 Å². The van der Waals surface area contributed by atoms with Crippen molar-refractivity contribution in [2.75, 3.05) is 13.7 Å². The summed E-state index contributed by atoms with van der Waals surface area (Å²) in [6, 6.07) is 6.13. The number of alkyl halides is 3. The fraction of sp³-hybridized carbons (Fsp3) is 0.538. The summed E-state index contributed by atoms with van der Waals surface area (Å²) >= 11 is 0. The van der Waals surface area contributed by atoms with E-state index < -0.39 is 18.1 Å². The van der Waals surface area contributed by atoms with Gasteiger partial charge in [0.15, 0.2) is 0 Å². The number of piperidine rings is 1. The summed E-state index contributed by atoms with van der Waals surface area (Å²) in [5.74, 6) is -0.655. The summed E-state index contributed by atoms with van der Waals surface area (Å²) in [5.41, 5.74) is 0.665. The summed E-state index contributed by atoms with van der Waals surface area (Å²) in [6.07, 6.45) is -3.40. The van der Waals surface area contributed by atoms with Gasteiger partial charge in [-0.25, -0.2) is 0 Å². The van der Waals surface area contributed by atoms with Crippen molar-refractivity contribution in [2.24, 2.45) is 5.92 Å². The second-order valence-electron chi connectivity index (χ2n) is 4.50. The first-order valence-electron chi connectivity index (χ1n) is 5.96. The maximum Gasteiger partial charge on any atom is 0.393 e. The molecule has 0 amide bonds. The summed E-state index contributed by atoms with van der Waals surface area (Å²) in [4.78, 5) is 0. The van der Waals surface area contributed by atoms with Crippen molar-refractivity contribution in [3.63, 3.8) is 0 Å². The lowest BCUT2D eigenvalue weighted by atomic mass is 9.86. The zero-order valence-corrected chi connectivity index (χ0v) is 10.1. The molecule has 0 saturated carbocycles. The molecule has 0 bridgehead atoms. The van der Waals surface area contributed by atoms with E-state index in [4.69, 9.17) is 4.74 Å². The molecule has 2 atom stereocenters. The Labute approximate surface area is 104 Å². The first kappa shape index (κ1) is 13.2. The van der Waals surface area contributed by atoms with E-state index in [9.17, 15) is 13.2 Å². The van der Waals surface area contributed by atoms with Crippen molar-refractivity contribution in [2.45, 2.75) is 25.1 Å². The van der Waals surface area contributed by atoms with Gasteiger partial charge in [0.05, 0.1) is 13.0 Å². The molecule has 2 unspecified atom stereocenters. The molecule has 0 radical (unpaired) electrons. The Balaban J connectivity index is 2.22. The molecule has 100 valence electrons. The second-order valence-corrected chi connectivity index (χ2v) is 4.50. The third kappa shape index (κ3) is 2.77. The van der Waals surface area contributed by atoms with Crippen molar-refractivity contribution >= 4 is 0 Å². The molecule has 1 aromatic rings. The maximum atomic E-state index is 13.0. The quantitative estimate of drug-likeness (QED) is 0.880. The highest BCUT2D eigenvalue weighted by atomic mass is 19.4. The zero-order valence-electron chi connectivity index (χ0n) is 10.1. The van der Waals surface area contributed by atoms with E-state index in [2.05, 4.69) is 5.32 Å². The van der Waals surface area contributed by atoms with E-state index in [0.29, 0.717) is 24.3 Å². The minimum atomic E-state index is -4.15. The molecular formula is C13H16F3NO. The third-order valence-corrected chi connectivity index (χ3v) is 3.35. The highest BCUT2D eigenvalue weighted by Crippen LogP contribution is 2.41. The highest BCUT2D eigenvalue weighted by molar-refractivity contribution is 5.30. The van der Waals surface area contributed by atoms with Crippen LogP contribution >= 0.6 is 0 Å². The van der Waals surface area contributed by atoms with Crippen molar-refractivity contribution in [3.05, 3.63) is 29.8 Å². The van der Waals surface area contributed by atoms with Crippen LogP contribution in [0.1, 0.15) is 24.4 Å². The topological polar surface area (TPSA) is 21.3 Å². The molecule has 1 aliphatic rings. The zero-order chi connectivity index (χ0) is 13.2. The average molecular weight is 259 g/mol. The smallest absolute Gasteiger partial charge is 0.393 e. The molecule has 1 saturated heterocycles. The molecule has 1 N–H and O–H groups in total. The van der Waals surface area contributed by atoms with Crippen LogP contribution in [0.3, 0.4) is 0 Å². The Morgan fingerprint density at radius 3 is 2.44 bits per heavy atom. The third-order valence-electron chi connectivity index (χ3n) is 3.35. The Kier molecular flexibility index (Phi) is 3.80. The predicted molar refractivity (Wildman–Crippen MR) is 62.5 cm³/mol. The average Bonchev–Trinajstić information content (AvgIpc) is 2.38. The van der Waals surface area contributed by atoms with E-state index in [1.807, 2.05) is 0 Å².